The van der Waals surface area contributed by atoms with E-state index in [9.17, 15) is 14.0 Å². The molecule has 124 valence electrons. The SMILES string of the molecule is CC(=O)NC1CCC2(CCC(=O)N2Cc2cccc(F)c2)CC1. The first-order chi connectivity index (χ1) is 11.0. The number of carbonyl (C=O) groups excluding carboxylic acids is 2. The van der Waals surface area contributed by atoms with Crippen LogP contribution in [0.25, 0.3) is 0 Å². The van der Waals surface area contributed by atoms with Gasteiger partial charge in [0.15, 0.2) is 0 Å². The first-order valence-electron chi connectivity index (χ1n) is 8.30. The van der Waals surface area contributed by atoms with Gasteiger partial charge in [-0.25, -0.2) is 4.39 Å². The molecule has 23 heavy (non-hydrogen) atoms. The van der Waals surface area contributed by atoms with Crippen LogP contribution in [-0.2, 0) is 16.1 Å². The van der Waals surface area contributed by atoms with Crippen LogP contribution >= 0.6 is 0 Å². The van der Waals surface area contributed by atoms with E-state index < -0.39 is 0 Å². The highest BCUT2D eigenvalue weighted by molar-refractivity contribution is 5.79. The Labute approximate surface area is 136 Å². The highest BCUT2D eigenvalue weighted by Crippen LogP contribution is 2.43. The Hall–Kier alpha value is -1.91. The van der Waals surface area contributed by atoms with Crippen LogP contribution in [0.4, 0.5) is 4.39 Å². The molecule has 2 fully saturated rings. The summed E-state index contributed by atoms with van der Waals surface area (Å²) in [6, 6.07) is 6.69. The predicted molar refractivity (Wildman–Crippen MR) is 85.0 cm³/mol. The number of amides is 2. The number of halogens is 1. The van der Waals surface area contributed by atoms with Gasteiger partial charge < -0.3 is 10.2 Å². The fraction of sp³-hybridized carbons (Fsp3) is 0.556. The molecule has 0 atom stereocenters. The Morgan fingerprint density at radius 2 is 2.09 bits per heavy atom. The lowest BCUT2D eigenvalue weighted by Crippen LogP contribution is -2.50. The van der Waals surface area contributed by atoms with E-state index >= 15 is 0 Å². The van der Waals surface area contributed by atoms with E-state index in [1.54, 1.807) is 13.0 Å². The molecule has 1 heterocycles. The summed E-state index contributed by atoms with van der Waals surface area (Å²) < 4.78 is 13.4. The van der Waals surface area contributed by atoms with Crippen LogP contribution in [-0.4, -0.2) is 28.3 Å². The summed E-state index contributed by atoms with van der Waals surface area (Å²) in [4.78, 5) is 25.5. The van der Waals surface area contributed by atoms with E-state index in [0.717, 1.165) is 37.7 Å². The summed E-state index contributed by atoms with van der Waals surface area (Å²) >= 11 is 0. The topological polar surface area (TPSA) is 49.4 Å². The second-order valence-electron chi connectivity index (χ2n) is 6.81. The molecule has 5 heteroatoms. The lowest BCUT2D eigenvalue weighted by Gasteiger charge is -2.44. The van der Waals surface area contributed by atoms with Crippen LogP contribution in [0, 0.1) is 5.82 Å². The molecule has 2 aliphatic rings. The number of nitrogens with zero attached hydrogens (tertiary/aromatic N) is 1. The zero-order valence-corrected chi connectivity index (χ0v) is 13.5. The van der Waals surface area contributed by atoms with E-state index in [-0.39, 0.29) is 29.2 Å². The van der Waals surface area contributed by atoms with Crippen molar-refractivity contribution < 1.29 is 14.0 Å². The minimum atomic E-state index is -0.266. The van der Waals surface area contributed by atoms with Crippen molar-refractivity contribution in [1.29, 1.82) is 0 Å². The second-order valence-corrected chi connectivity index (χ2v) is 6.81. The number of nitrogens with one attached hydrogen (secondary N) is 1. The van der Waals surface area contributed by atoms with Crippen LogP contribution in [0.15, 0.2) is 24.3 Å². The van der Waals surface area contributed by atoms with Gasteiger partial charge in [0, 0.05) is 31.5 Å². The van der Waals surface area contributed by atoms with E-state index in [0.29, 0.717) is 13.0 Å². The van der Waals surface area contributed by atoms with E-state index in [4.69, 9.17) is 0 Å². The normalized spacial score (nSPS) is 27.5. The molecule has 1 N–H and O–H groups in total. The van der Waals surface area contributed by atoms with E-state index in [1.165, 1.54) is 12.1 Å². The molecule has 1 spiro atoms. The van der Waals surface area contributed by atoms with Gasteiger partial charge in [0.1, 0.15) is 5.82 Å². The minimum absolute atomic E-state index is 0.00469. The fourth-order valence-electron chi connectivity index (χ4n) is 4.05. The van der Waals surface area contributed by atoms with Crippen molar-refractivity contribution >= 4 is 11.8 Å². The lowest BCUT2D eigenvalue weighted by atomic mass is 9.77. The zero-order chi connectivity index (χ0) is 16.4. The Morgan fingerprint density at radius 1 is 1.35 bits per heavy atom. The van der Waals surface area contributed by atoms with Crippen molar-refractivity contribution in [3.05, 3.63) is 35.6 Å². The third kappa shape index (κ3) is 3.38. The van der Waals surface area contributed by atoms with Crippen molar-refractivity contribution in [3.63, 3.8) is 0 Å². The molecule has 1 saturated carbocycles. The van der Waals surface area contributed by atoms with Crippen LogP contribution in [0.1, 0.15) is 51.0 Å². The lowest BCUT2D eigenvalue weighted by molar-refractivity contribution is -0.133. The first-order valence-corrected chi connectivity index (χ1v) is 8.30. The fourth-order valence-corrected chi connectivity index (χ4v) is 4.05. The van der Waals surface area contributed by atoms with Gasteiger partial charge in [0.2, 0.25) is 11.8 Å². The van der Waals surface area contributed by atoms with Gasteiger partial charge >= 0.3 is 0 Å². The number of rotatable bonds is 3. The van der Waals surface area contributed by atoms with E-state index in [2.05, 4.69) is 5.32 Å². The first kappa shape index (κ1) is 16.0. The number of carbonyl (C=O) groups is 2. The van der Waals surface area contributed by atoms with Crippen molar-refractivity contribution in [2.24, 2.45) is 0 Å². The molecule has 0 bridgehead atoms. The second kappa shape index (κ2) is 6.30. The largest absolute Gasteiger partial charge is 0.354 e. The number of likely N-dealkylation sites (tertiary alicyclic amines) is 1. The highest BCUT2D eigenvalue weighted by atomic mass is 19.1. The average Bonchev–Trinajstić information content (AvgIpc) is 2.79. The highest BCUT2D eigenvalue weighted by Gasteiger charge is 2.46. The molecule has 0 aromatic heterocycles. The van der Waals surface area contributed by atoms with Gasteiger partial charge in [-0.3, -0.25) is 9.59 Å². The third-order valence-corrected chi connectivity index (χ3v) is 5.23. The molecule has 1 aliphatic carbocycles. The Bertz CT molecular complexity index is 609. The van der Waals surface area contributed by atoms with Gasteiger partial charge in [-0.15, -0.1) is 0 Å². The minimum Gasteiger partial charge on any atom is -0.354 e. The van der Waals surface area contributed by atoms with Gasteiger partial charge in [-0.1, -0.05) is 12.1 Å². The molecule has 3 rings (SSSR count). The standard InChI is InChI=1S/C18H23FN2O2/c1-13(22)20-16-5-8-18(9-6-16)10-7-17(23)21(18)12-14-3-2-4-15(19)11-14/h2-4,11,16H,5-10,12H2,1H3,(H,20,22). The zero-order valence-electron chi connectivity index (χ0n) is 13.5. The molecular formula is C18H23FN2O2. The molecule has 2 amide bonds. The average molecular weight is 318 g/mol. The van der Waals surface area contributed by atoms with Crippen LogP contribution in [0.3, 0.4) is 0 Å². The van der Waals surface area contributed by atoms with Gasteiger partial charge in [0.05, 0.1) is 0 Å². The maximum atomic E-state index is 13.4. The van der Waals surface area contributed by atoms with Crippen LogP contribution < -0.4 is 5.32 Å². The summed E-state index contributed by atoms with van der Waals surface area (Å²) in [5.41, 5.74) is 0.724. The van der Waals surface area contributed by atoms with Gasteiger partial charge in [-0.2, -0.15) is 0 Å². The number of benzene rings is 1. The van der Waals surface area contributed by atoms with Crippen molar-refractivity contribution in [2.75, 3.05) is 0 Å². The number of hydrogen-bond donors (Lipinski definition) is 1. The van der Waals surface area contributed by atoms with Crippen molar-refractivity contribution in [2.45, 2.75) is 63.6 Å². The molecule has 0 unspecified atom stereocenters. The maximum absolute atomic E-state index is 13.4. The Balaban J connectivity index is 1.71. The smallest absolute Gasteiger partial charge is 0.223 e. The molecule has 1 aliphatic heterocycles. The summed E-state index contributed by atoms with van der Waals surface area (Å²) in [6.07, 6.45) is 5.03. The molecule has 1 saturated heterocycles. The maximum Gasteiger partial charge on any atom is 0.223 e. The monoisotopic (exact) mass is 318 g/mol. The van der Waals surface area contributed by atoms with Gasteiger partial charge in [-0.05, 0) is 49.8 Å². The molecule has 1 aromatic rings. The molecule has 1 aromatic carbocycles. The number of hydrogen-bond acceptors (Lipinski definition) is 2. The van der Waals surface area contributed by atoms with E-state index in [1.807, 2.05) is 11.0 Å². The summed E-state index contributed by atoms with van der Waals surface area (Å²) in [6.45, 7) is 2.01. The van der Waals surface area contributed by atoms with Crippen LogP contribution in [0.5, 0.6) is 0 Å². The Kier molecular flexibility index (Phi) is 4.37. The van der Waals surface area contributed by atoms with Crippen molar-refractivity contribution in [1.82, 2.24) is 10.2 Å². The molecular weight excluding hydrogens is 295 g/mol. The Morgan fingerprint density at radius 3 is 2.74 bits per heavy atom. The van der Waals surface area contributed by atoms with Crippen LogP contribution in [0.2, 0.25) is 0 Å². The summed E-state index contributed by atoms with van der Waals surface area (Å²) in [5.74, 6) is -0.102. The summed E-state index contributed by atoms with van der Waals surface area (Å²) in [7, 11) is 0. The summed E-state index contributed by atoms with van der Waals surface area (Å²) in [5, 5.41) is 2.98. The van der Waals surface area contributed by atoms with Gasteiger partial charge in [0.25, 0.3) is 0 Å². The van der Waals surface area contributed by atoms with Crippen molar-refractivity contribution in [3.8, 4) is 0 Å². The molecule has 4 nitrogen and oxygen atoms in total. The predicted octanol–water partition coefficient (Wildman–Crippen LogP) is 2.77. The quantitative estimate of drug-likeness (QED) is 0.931. The third-order valence-electron chi connectivity index (χ3n) is 5.23. The molecule has 0 radical (unpaired) electrons.